The van der Waals surface area contributed by atoms with E-state index in [2.05, 4.69) is 0 Å². The molecule has 0 aromatic rings. The van der Waals surface area contributed by atoms with E-state index in [4.69, 9.17) is 11.1 Å². The molecule has 5 heteroatoms. The van der Waals surface area contributed by atoms with Gasteiger partial charge >= 0.3 is 0 Å². The first-order valence-corrected chi connectivity index (χ1v) is 4.90. The molecule has 0 aliphatic carbocycles. The topological polar surface area (TPSA) is 84.0 Å². The SMILES string of the molecule is C[C@@H](CS(C)(=O)=O)C(=N)N. The van der Waals surface area contributed by atoms with Crippen molar-refractivity contribution in [3.63, 3.8) is 0 Å². The van der Waals surface area contributed by atoms with Crippen LogP contribution in [0.1, 0.15) is 6.92 Å². The van der Waals surface area contributed by atoms with E-state index in [1.807, 2.05) is 0 Å². The predicted molar refractivity (Wildman–Crippen MR) is 40.8 cm³/mol. The molecule has 1 atom stereocenters. The smallest absolute Gasteiger partial charge is 0.148 e. The second kappa shape index (κ2) is 3.01. The Kier molecular flexibility index (Phi) is 2.83. The van der Waals surface area contributed by atoms with Crippen LogP contribution in [0.15, 0.2) is 0 Å². The van der Waals surface area contributed by atoms with Gasteiger partial charge in [0.05, 0.1) is 11.6 Å². The first-order valence-electron chi connectivity index (χ1n) is 2.84. The van der Waals surface area contributed by atoms with E-state index in [1.165, 1.54) is 0 Å². The highest BCUT2D eigenvalue weighted by atomic mass is 32.2. The summed E-state index contributed by atoms with van der Waals surface area (Å²) in [4.78, 5) is 0. The Morgan fingerprint density at radius 2 is 2.10 bits per heavy atom. The number of hydrogen-bond donors (Lipinski definition) is 2. The molecule has 0 aromatic heterocycles. The van der Waals surface area contributed by atoms with E-state index in [1.54, 1.807) is 6.92 Å². The highest BCUT2D eigenvalue weighted by Gasteiger charge is 2.11. The van der Waals surface area contributed by atoms with Crippen LogP contribution in [-0.4, -0.2) is 26.3 Å². The molecule has 0 rings (SSSR count). The summed E-state index contributed by atoms with van der Waals surface area (Å²) in [6.07, 6.45) is 1.13. The number of rotatable bonds is 3. The number of nitrogens with one attached hydrogen (secondary N) is 1. The Morgan fingerprint density at radius 3 is 2.20 bits per heavy atom. The van der Waals surface area contributed by atoms with Gasteiger partial charge in [0, 0.05) is 12.2 Å². The zero-order valence-electron chi connectivity index (χ0n) is 6.09. The van der Waals surface area contributed by atoms with Crippen LogP contribution >= 0.6 is 0 Å². The summed E-state index contributed by atoms with van der Waals surface area (Å²) < 4.78 is 21.2. The van der Waals surface area contributed by atoms with Gasteiger partial charge in [0.1, 0.15) is 9.84 Å². The fourth-order valence-corrected chi connectivity index (χ4v) is 1.63. The van der Waals surface area contributed by atoms with Crippen molar-refractivity contribution in [3.8, 4) is 0 Å². The Bertz CT molecular complexity index is 220. The van der Waals surface area contributed by atoms with Gasteiger partial charge in [-0.1, -0.05) is 6.92 Å². The molecule has 0 bridgehead atoms. The molecule has 0 saturated carbocycles. The molecule has 0 aromatic carbocycles. The van der Waals surface area contributed by atoms with Gasteiger partial charge in [0.25, 0.3) is 0 Å². The maximum Gasteiger partial charge on any atom is 0.148 e. The summed E-state index contributed by atoms with van der Waals surface area (Å²) in [6, 6.07) is 0. The minimum atomic E-state index is -2.99. The number of nitrogens with two attached hydrogens (primary N) is 1. The molecule has 4 nitrogen and oxygen atoms in total. The van der Waals surface area contributed by atoms with Gasteiger partial charge in [-0.25, -0.2) is 8.42 Å². The minimum absolute atomic E-state index is 0.0394. The summed E-state index contributed by atoms with van der Waals surface area (Å²) in [7, 11) is -2.99. The number of sulfone groups is 1. The maximum atomic E-state index is 10.6. The highest BCUT2D eigenvalue weighted by molar-refractivity contribution is 7.90. The molecule has 0 aliphatic rings. The molecule has 0 aliphatic heterocycles. The van der Waals surface area contributed by atoms with E-state index in [9.17, 15) is 8.42 Å². The summed E-state index contributed by atoms with van der Waals surface area (Å²) >= 11 is 0. The first kappa shape index (κ1) is 9.42. The van der Waals surface area contributed by atoms with Crippen LogP contribution in [0.5, 0.6) is 0 Å². The summed E-state index contributed by atoms with van der Waals surface area (Å²) in [6.45, 7) is 1.61. The van der Waals surface area contributed by atoms with E-state index in [0.717, 1.165) is 6.26 Å². The largest absolute Gasteiger partial charge is 0.387 e. The summed E-state index contributed by atoms with van der Waals surface area (Å²) in [5.74, 6) is -0.483. The van der Waals surface area contributed by atoms with Gasteiger partial charge in [0.2, 0.25) is 0 Å². The van der Waals surface area contributed by atoms with Crippen molar-refractivity contribution >= 4 is 15.7 Å². The minimum Gasteiger partial charge on any atom is -0.387 e. The molecule has 0 saturated heterocycles. The molecule has 60 valence electrons. The van der Waals surface area contributed by atoms with Crippen molar-refractivity contribution in [2.24, 2.45) is 11.7 Å². The van der Waals surface area contributed by atoms with Crippen molar-refractivity contribution in [2.75, 3.05) is 12.0 Å². The Morgan fingerprint density at radius 1 is 1.70 bits per heavy atom. The molecule has 10 heavy (non-hydrogen) atoms. The van der Waals surface area contributed by atoms with Crippen LogP contribution in [0.2, 0.25) is 0 Å². The van der Waals surface area contributed by atoms with Crippen molar-refractivity contribution in [3.05, 3.63) is 0 Å². The average Bonchev–Trinajstić information content (AvgIpc) is 1.60. The van der Waals surface area contributed by atoms with Gasteiger partial charge < -0.3 is 5.73 Å². The molecule has 0 radical (unpaired) electrons. The second-order valence-electron chi connectivity index (χ2n) is 2.45. The zero-order chi connectivity index (χ0) is 8.36. The van der Waals surface area contributed by atoms with E-state index in [-0.39, 0.29) is 17.5 Å². The zero-order valence-corrected chi connectivity index (χ0v) is 6.90. The Hall–Kier alpha value is -0.580. The third-order valence-corrected chi connectivity index (χ3v) is 2.19. The molecule has 3 N–H and O–H groups in total. The van der Waals surface area contributed by atoms with Gasteiger partial charge in [-0.15, -0.1) is 0 Å². The summed E-state index contributed by atoms with van der Waals surface area (Å²) in [5.41, 5.74) is 5.06. The second-order valence-corrected chi connectivity index (χ2v) is 4.63. The molecule has 0 amide bonds. The van der Waals surface area contributed by atoms with Gasteiger partial charge in [-0.3, -0.25) is 5.41 Å². The van der Waals surface area contributed by atoms with Crippen molar-refractivity contribution in [1.29, 1.82) is 5.41 Å². The van der Waals surface area contributed by atoms with Crippen LogP contribution in [0.25, 0.3) is 0 Å². The van der Waals surface area contributed by atoms with Crippen molar-refractivity contribution in [2.45, 2.75) is 6.92 Å². The number of hydrogen-bond acceptors (Lipinski definition) is 3. The normalized spacial score (nSPS) is 14.6. The first-order chi connectivity index (χ1) is 4.33. The lowest BCUT2D eigenvalue weighted by atomic mass is 10.2. The third kappa shape index (κ3) is 4.31. The highest BCUT2D eigenvalue weighted by Crippen LogP contribution is 1.97. The molecular formula is C5H12N2O2S. The van der Waals surface area contributed by atoms with Gasteiger partial charge in [-0.05, 0) is 0 Å². The molecule has 0 fully saturated rings. The van der Waals surface area contributed by atoms with E-state index in [0.29, 0.717) is 0 Å². The van der Waals surface area contributed by atoms with E-state index >= 15 is 0 Å². The van der Waals surface area contributed by atoms with Crippen molar-refractivity contribution in [1.82, 2.24) is 0 Å². The van der Waals surface area contributed by atoms with Crippen LogP contribution in [0, 0.1) is 11.3 Å². The third-order valence-electron chi connectivity index (χ3n) is 1.08. The summed E-state index contributed by atoms with van der Waals surface area (Å²) in [5, 5.41) is 6.89. The lowest BCUT2D eigenvalue weighted by Crippen LogP contribution is -2.26. The lowest BCUT2D eigenvalue weighted by molar-refractivity contribution is 0.596. The Labute approximate surface area is 60.8 Å². The van der Waals surface area contributed by atoms with Crippen LogP contribution < -0.4 is 5.73 Å². The Balaban J connectivity index is 4.06. The lowest BCUT2D eigenvalue weighted by Gasteiger charge is -2.05. The molecule has 0 spiro atoms. The standard InChI is InChI=1S/C5H12N2O2S/c1-4(5(6)7)3-10(2,8)9/h4H,3H2,1-2H3,(H3,6,7)/t4-/m0/s1. The quantitative estimate of drug-likeness (QED) is 0.440. The number of amidine groups is 1. The van der Waals surface area contributed by atoms with Gasteiger partial charge in [0.15, 0.2) is 0 Å². The molecule has 0 heterocycles. The van der Waals surface area contributed by atoms with Crippen LogP contribution in [0.3, 0.4) is 0 Å². The van der Waals surface area contributed by atoms with E-state index < -0.39 is 9.84 Å². The van der Waals surface area contributed by atoms with Crippen LogP contribution in [-0.2, 0) is 9.84 Å². The van der Waals surface area contributed by atoms with Crippen molar-refractivity contribution < 1.29 is 8.42 Å². The fraction of sp³-hybridized carbons (Fsp3) is 0.800. The predicted octanol–water partition coefficient (Wildman–Crippen LogP) is -0.397. The maximum absolute atomic E-state index is 10.6. The molecule has 0 unspecified atom stereocenters. The van der Waals surface area contributed by atoms with Crippen LogP contribution in [0.4, 0.5) is 0 Å². The molecular weight excluding hydrogens is 152 g/mol. The van der Waals surface area contributed by atoms with Gasteiger partial charge in [-0.2, -0.15) is 0 Å². The average molecular weight is 164 g/mol. The monoisotopic (exact) mass is 164 g/mol. The fourth-order valence-electron chi connectivity index (χ4n) is 0.544.